The van der Waals surface area contributed by atoms with Crippen LogP contribution >= 0.6 is 0 Å². The zero-order valence-corrected chi connectivity index (χ0v) is 18.8. The van der Waals surface area contributed by atoms with E-state index in [2.05, 4.69) is 29.4 Å². The molecule has 4 rings (SSSR count). The van der Waals surface area contributed by atoms with Crippen molar-refractivity contribution in [3.8, 4) is 0 Å². The SMILES string of the molecule is Cc1cc(C(=O)N2CCC(Cc3ccc(CCC(=O)N4CCCC4)cc3)CC2)n(C)n1. The van der Waals surface area contributed by atoms with Crippen LogP contribution in [0.15, 0.2) is 30.3 Å². The molecule has 2 aromatic rings. The molecule has 0 spiro atoms. The van der Waals surface area contributed by atoms with E-state index < -0.39 is 0 Å². The summed E-state index contributed by atoms with van der Waals surface area (Å²) in [6.07, 6.45) is 6.86. The Bertz CT molecular complexity index is 904. The highest BCUT2D eigenvalue weighted by molar-refractivity contribution is 5.92. The number of amides is 2. The molecule has 1 aromatic carbocycles. The third-order valence-corrected chi connectivity index (χ3v) is 6.76. The topological polar surface area (TPSA) is 58.4 Å². The van der Waals surface area contributed by atoms with E-state index in [1.165, 1.54) is 11.1 Å². The number of rotatable bonds is 6. The van der Waals surface area contributed by atoms with Gasteiger partial charge in [0.15, 0.2) is 0 Å². The highest BCUT2D eigenvalue weighted by atomic mass is 16.2. The van der Waals surface area contributed by atoms with Gasteiger partial charge < -0.3 is 9.80 Å². The molecule has 6 nitrogen and oxygen atoms in total. The van der Waals surface area contributed by atoms with Gasteiger partial charge in [0.2, 0.25) is 5.91 Å². The minimum Gasteiger partial charge on any atom is -0.343 e. The van der Waals surface area contributed by atoms with Crippen LogP contribution in [-0.2, 0) is 24.7 Å². The zero-order valence-electron chi connectivity index (χ0n) is 18.8. The molecule has 3 heterocycles. The smallest absolute Gasteiger partial charge is 0.272 e. The summed E-state index contributed by atoms with van der Waals surface area (Å²) in [5.74, 6) is 0.999. The van der Waals surface area contributed by atoms with Gasteiger partial charge in [-0.15, -0.1) is 0 Å². The Labute approximate surface area is 185 Å². The Balaban J connectivity index is 1.22. The third-order valence-electron chi connectivity index (χ3n) is 6.76. The molecule has 31 heavy (non-hydrogen) atoms. The Kier molecular flexibility index (Phi) is 6.73. The molecule has 2 aliphatic heterocycles. The fraction of sp³-hybridized carbons (Fsp3) is 0.560. The molecule has 2 saturated heterocycles. The van der Waals surface area contributed by atoms with Crippen molar-refractivity contribution in [1.29, 1.82) is 0 Å². The Morgan fingerprint density at radius 3 is 2.23 bits per heavy atom. The predicted molar refractivity (Wildman–Crippen MR) is 121 cm³/mol. The summed E-state index contributed by atoms with van der Waals surface area (Å²) in [4.78, 5) is 29.0. The van der Waals surface area contributed by atoms with Gasteiger partial charge in [-0.05, 0) is 68.6 Å². The number of piperidine rings is 1. The van der Waals surface area contributed by atoms with Gasteiger partial charge in [-0.25, -0.2) is 0 Å². The van der Waals surface area contributed by atoms with Crippen molar-refractivity contribution >= 4 is 11.8 Å². The maximum Gasteiger partial charge on any atom is 0.272 e. The van der Waals surface area contributed by atoms with Gasteiger partial charge in [-0.1, -0.05) is 24.3 Å². The normalized spacial score (nSPS) is 17.4. The van der Waals surface area contributed by atoms with Crippen molar-refractivity contribution in [2.75, 3.05) is 26.2 Å². The summed E-state index contributed by atoms with van der Waals surface area (Å²) >= 11 is 0. The molecule has 166 valence electrons. The van der Waals surface area contributed by atoms with Crippen LogP contribution in [0, 0.1) is 12.8 Å². The summed E-state index contributed by atoms with van der Waals surface area (Å²) in [6, 6.07) is 10.7. The van der Waals surface area contributed by atoms with Crippen LogP contribution in [0.2, 0.25) is 0 Å². The van der Waals surface area contributed by atoms with Crippen LogP contribution < -0.4 is 0 Å². The number of aryl methyl sites for hydroxylation is 3. The molecule has 0 aliphatic carbocycles. The lowest BCUT2D eigenvalue weighted by Gasteiger charge is -2.32. The fourth-order valence-electron chi connectivity index (χ4n) is 4.86. The number of carbonyl (C=O) groups is 2. The zero-order chi connectivity index (χ0) is 21.8. The van der Waals surface area contributed by atoms with Crippen molar-refractivity contribution in [2.24, 2.45) is 13.0 Å². The number of benzene rings is 1. The van der Waals surface area contributed by atoms with Gasteiger partial charge in [0.1, 0.15) is 5.69 Å². The van der Waals surface area contributed by atoms with Gasteiger partial charge in [0, 0.05) is 39.6 Å². The second kappa shape index (κ2) is 9.67. The van der Waals surface area contributed by atoms with E-state index in [1.54, 1.807) is 4.68 Å². The van der Waals surface area contributed by atoms with Crippen molar-refractivity contribution in [2.45, 2.75) is 51.9 Å². The largest absolute Gasteiger partial charge is 0.343 e. The maximum absolute atomic E-state index is 12.8. The fourth-order valence-corrected chi connectivity index (χ4v) is 4.86. The number of hydrogen-bond donors (Lipinski definition) is 0. The molecule has 2 fully saturated rings. The lowest BCUT2D eigenvalue weighted by atomic mass is 9.89. The molecule has 0 unspecified atom stereocenters. The standard InChI is InChI=1S/C25H34N4O2/c1-19-17-23(27(2)26-19)25(31)29-15-11-22(12-16-29)18-21-7-5-20(6-8-21)9-10-24(30)28-13-3-4-14-28/h5-8,17,22H,3-4,9-16,18H2,1-2H3. The summed E-state index contributed by atoms with van der Waals surface area (Å²) < 4.78 is 1.68. The lowest BCUT2D eigenvalue weighted by molar-refractivity contribution is -0.130. The summed E-state index contributed by atoms with van der Waals surface area (Å²) in [5, 5.41) is 4.30. The first-order chi connectivity index (χ1) is 15.0. The molecule has 2 amide bonds. The van der Waals surface area contributed by atoms with Gasteiger partial charge in [-0.2, -0.15) is 5.10 Å². The molecular formula is C25H34N4O2. The highest BCUT2D eigenvalue weighted by Gasteiger charge is 2.25. The van der Waals surface area contributed by atoms with Crippen LogP contribution in [0.4, 0.5) is 0 Å². The van der Waals surface area contributed by atoms with E-state index in [1.807, 2.05) is 29.8 Å². The van der Waals surface area contributed by atoms with Gasteiger partial charge in [0.25, 0.3) is 5.91 Å². The molecule has 0 atom stereocenters. The highest BCUT2D eigenvalue weighted by Crippen LogP contribution is 2.23. The van der Waals surface area contributed by atoms with E-state index >= 15 is 0 Å². The molecule has 0 saturated carbocycles. The van der Waals surface area contributed by atoms with E-state index in [0.29, 0.717) is 23.9 Å². The second-order valence-electron chi connectivity index (χ2n) is 9.14. The lowest BCUT2D eigenvalue weighted by Crippen LogP contribution is -2.39. The predicted octanol–water partition coefficient (Wildman–Crippen LogP) is 3.38. The van der Waals surface area contributed by atoms with Crippen molar-refractivity contribution in [1.82, 2.24) is 19.6 Å². The van der Waals surface area contributed by atoms with Crippen molar-refractivity contribution < 1.29 is 9.59 Å². The molecule has 1 aromatic heterocycles. The summed E-state index contributed by atoms with van der Waals surface area (Å²) in [7, 11) is 1.83. The monoisotopic (exact) mass is 422 g/mol. The minimum absolute atomic E-state index is 0.0920. The van der Waals surface area contributed by atoms with E-state index in [4.69, 9.17) is 0 Å². The second-order valence-corrected chi connectivity index (χ2v) is 9.14. The van der Waals surface area contributed by atoms with Gasteiger partial charge in [0.05, 0.1) is 5.69 Å². The summed E-state index contributed by atoms with van der Waals surface area (Å²) in [5.41, 5.74) is 4.14. The van der Waals surface area contributed by atoms with Crippen LogP contribution in [0.25, 0.3) is 0 Å². The average Bonchev–Trinajstić information content (AvgIpc) is 3.43. The number of aromatic nitrogens is 2. The molecule has 6 heteroatoms. The number of carbonyl (C=O) groups excluding carboxylic acids is 2. The Hall–Kier alpha value is -2.63. The van der Waals surface area contributed by atoms with E-state index in [9.17, 15) is 9.59 Å². The van der Waals surface area contributed by atoms with Crippen LogP contribution in [0.1, 0.15) is 59.4 Å². The van der Waals surface area contributed by atoms with Gasteiger partial charge >= 0.3 is 0 Å². The third kappa shape index (κ3) is 5.35. The number of likely N-dealkylation sites (tertiary alicyclic amines) is 2. The molecule has 0 radical (unpaired) electrons. The van der Waals surface area contributed by atoms with Crippen molar-refractivity contribution in [3.05, 3.63) is 52.8 Å². The minimum atomic E-state index is 0.0920. The molecule has 0 bridgehead atoms. The maximum atomic E-state index is 12.8. The van der Waals surface area contributed by atoms with Crippen molar-refractivity contribution in [3.63, 3.8) is 0 Å². The average molecular weight is 423 g/mol. The molecular weight excluding hydrogens is 388 g/mol. The molecule has 2 aliphatic rings. The van der Waals surface area contributed by atoms with Crippen LogP contribution in [-0.4, -0.2) is 57.6 Å². The Morgan fingerprint density at radius 1 is 0.968 bits per heavy atom. The van der Waals surface area contributed by atoms with Crippen LogP contribution in [0.3, 0.4) is 0 Å². The van der Waals surface area contributed by atoms with Gasteiger partial charge in [-0.3, -0.25) is 14.3 Å². The Morgan fingerprint density at radius 2 is 1.61 bits per heavy atom. The first kappa shape index (κ1) is 21.6. The molecule has 0 N–H and O–H groups in total. The van der Waals surface area contributed by atoms with E-state index in [0.717, 1.165) is 70.4 Å². The number of nitrogens with zero attached hydrogens (tertiary/aromatic N) is 4. The first-order valence-corrected chi connectivity index (χ1v) is 11.6. The first-order valence-electron chi connectivity index (χ1n) is 11.6. The summed E-state index contributed by atoms with van der Waals surface area (Å²) in [6.45, 7) is 5.41. The number of hydrogen-bond acceptors (Lipinski definition) is 3. The van der Waals surface area contributed by atoms with E-state index in [-0.39, 0.29) is 5.91 Å². The quantitative estimate of drug-likeness (QED) is 0.717. The van der Waals surface area contributed by atoms with Crippen LogP contribution in [0.5, 0.6) is 0 Å².